The van der Waals surface area contributed by atoms with Crippen LogP contribution in [0, 0.1) is 17.8 Å². The van der Waals surface area contributed by atoms with E-state index in [1.54, 1.807) is 0 Å². The zero-order valence-electron chi connectivity index (χ0n) is 7.56. The molecule has 0 aromatic rings. The van der Waals surface area contributed by atoms with Crippen LogP contribution in [-0.4, -0.2) is 0 Å². The van der Waals surface area contributed by atoms with Crippen LogP contribution in [0.5, 0.6) is 0 Å². The van der Waals surface area contributed by atoms with Gasteiger partial charge in [-0.25, -0.2) is 0 Å². The molecule has 3 atom stereocenters. The SMILES string of the molecule is CC[C@@H]1CCC(C)C(C)C1. The molecular weight excluding hydrogens is 120 g/mol. The Morgan fingerprint density at radius 2 is 1.80 bits per heavy atom. The lowest BCUT2D eigenvalue weighted by Crippen LogP contribution is -2.19. The lowest BCUT2D eigenvalue weighted by Gasteiger charge is -2.31. The molecule has 0 spiro atoms. The van der Waals surface area contributed by atoms with Gasteiger partial charge in [0.15, 0.2) is 0 Å². The maximum Gasteiger partial charge on any atom is -0.0414 e. The highest BCUT2D eigenvalue weighted by atomic mass is 14.3. The van der Waals surface area contributed by atoms with E-state index in [0.29, 0.717) is 0 Å². The second kappa shape index (κ2) is 3.41. The molecule has 1 fully saturated rings. The van der Waals surface area contributed by atoms with Crippen LogP contribution in [0.4, 0.5) is 0 Å². The molecule has 0 amide bonds. The maximum atomic E-state index is 2.41. The van der Waals surface area contributed by atoms with Gasteiger partial charge in [0.1, 0.15) is 0 Å². The Morgan fingerprint density at radius 3 is 2.30 bits per heavy atom. The Labute approximate surface area is 65.0 Å². The van der Waals surface area contributed by atoms with Gasteiger partial charge in [0.2, 0.25) is 0 Å². The number of hydrogen-bond acceptors (Lipinski definition) is 0. The van der Waals surface area contributed by atoms with Crippen molar-refractivity contribution in [3.05, 3.63) is 0 Å². The zero-order valence-corrected chi connectivity index (χ0v) is 7.56. The van der Waals surface area contributed by atoms with Gasteiger partial charge in [-0.3, -0.25) is 0 Å². The summed E-state index contributed by atoms with van der Waals surface area (Å²) < 4.78 is 0. The minimum atomic E-state index is 0.985. The van der Waals surface area contributed by atoms with Crippen molar-refractivity contribution in [3.8, 4) is 0 Å². The highest BCUT2D eigenvalue weighted by Crippen LogP contribution is 2.34. The van der Waals surface area contributed by atoms with Crippen LogP contribution in [0.3, 0.4) is 0 Å². The van der Waals surface area contributed by atoms with Gasteiger partial charge >= 0.3 is 0 Å². The van der Waals surface area contributed by atoms with Gasteiger partial charge in [-0.1, -0.05) is 40.0 Å². The maximum absolute atomic E-state index is 2.41. The topological polar surface area (TPSA) is 0 Å². The van der Waals surface area contributed by atoms with Crippen LogP contribution in [0.2, 0.25) is 0 Å². The van der Waals surface area contributed by atoms with E-state index in [1.807, 2.05) is 0 Å². The predicted octanol–water partition coefficient (Wildman–Crippen LogP) is 3.47. The van der Waals surface area contributed by atoms with Gasteiger partial charge in [-0.15, -0.1) is 0 Å². The summed E-state index contributed by atoms with van der Waals surface area (Å²) in [6.45, 7) is 7.14. The van der Waals surface area contributed by atoms with E-state index < -0.39 is 0 Å². The largest absolute Gasteiger partial charge is 0.0651 e. The fourth-order valence-corrected chi connectivity index (χ4v) is 2.03. The second-order valence-corrected chi connectivity index (χ2v) is 4.04. The summed E-state index contributed by atoms with van der Waals surface area (Å²) in [7, 11) is 0. The summed E-state index contributed by atoms with van der Waals surface area (Å²) >= 11 is 0. The molecule has 0 aromatic heterocycles. The first-order chi connectivity index (χ1) is 4.74. The molecule has 60 valence electrons. The normalized spacial score (nSPS) is 41.7. The van der Waals surface area contributed by atoms with E-state index in [-0.39, 0.29) is 0 Å². The average molecular weight is 140 g/mol. The van der Waals surface area contributed by atoms with Crippen LogP contribution < -0.4 is 0 Å². The van der Waals surface area contributed by atoms with Gasteiger partial charge in [-0.2, -0.15) is 0 Å². The van der Waals surface area contributed by atoms with Gasteiger partial charge in [0, 0.05) is 0 Å². The van der Waals surface area contributed by atoms with E-state index >= 15 is 0 Å². The smallest absolute Gasteiger partial charge is 0.0414 e. The van der Waals surface area contributed by atoms with E-state index in [2.05, 4.69) is 20.8 Å². The standard InChI is InChI=1S/C10H20/c1-4-10-6-5-8(2)9(3)7-10/h8-10H,4-7H2,1-3H3/t8?,9?,10-/m1/s1. The molecule has 0 heterocycles. The molecule has 1 aliphatic rings. The molecule has 2 unspecified atom stereocenters. The Balaban J connectivity index is 2.33. The molecule has 0 radical (unpaired) electrons. The molecule has 1 saturated carbocycles. The van der Waals surface area contributed by atoms with Crippen LogP contribution in [0.15, 0.2) is 0 Å². The molecule has 10 heavy (non-hydrogen) atoms. The molecule has 0 bridgehead atoms. The van der Waals surface area contributed by atoms with Crippen LogP contribution in [-0.2, 0) is 0 Å². The van der Waals surface area contributed by atoms with Crippen LogP contribution in [0.1, 0.15) is 46.5 Å². The van der Waals surface area contributed by atoms with Crippen molar-refractivity contribution in [2.24, 2.45) is 17.8 Å². The van der Waals surface area contributed by atoms with Crippen molar-refractivity contribution in [2.75, 3.05) is 0 Å². The average Bonchev–Trinajstić information content (AvgIpc) is 1.95. The van der Waals surface area contributed by atoms with Gasteiger partial charge in [0.25, 0.3) is 0 Å². The summed E-state index contributed by atoms with van der Waals surface area (Å²) in [6.07, 6.45) is 5.84. The first-order valence-electron chi connectivity index (χ1n) is 4.74. The molecule has 0 N–H and O–H groups in total. The zero-order chi connectivity index (χ0) is 7.56. The van der Waals surface area contributed by atoms with Crippen molar-refractivity contribution >= 4 is 0 Å². The van der Waals surface area contributed by atoms with E-state index in [1.165, 1.54) is 25.7 Å². The van der Waals surface area contributed by atoms with E-state index in [4.69, 9.17) is 0 Å². The summed E-state index contributed by atoms with van der Waals surface area (Å²) in [4.78, 5) is 0. The Bertz CT molecular complexity index is 96.2. The third kappa shape index (κ3) is 1.74. The molecule has 0 heteroatoms. The third-order valence-corrected chi connectivity index (χ3v) is 3.28. The third-order valence-electron chi connectivity index (χ3n) is 3.28. The first kappa shape index (κ1) is 8.10. The molecule has 0 aromatic carbocycles. The van der Waals surface area contributed by atoms with E-state index in [0.717, 1.165) is 17.8 Å². The minimum absolute atomic E-state index is 0.985. The fourth-order valence-electron chi connectivity index (χ4n) is 2.03. The molecule has 0 saturated heterocycles. The summed E-state index contributed by atoms with van der Waals surface area (Å²) in [6, 6.07) is 0. The van der Waals surface area contributed by atoms with Crippen molar-refractivity contribution in [3.63, 3.8) is 0 Å². The summed E-state index contributed by atoms with van der Waals surface area (Å²) in [5.74, 6) is 3.02. The Hall–Kier alpha value is 0. The van der Waals surface area contributed by atoms with Gasteiger partial charge < -0.3 is 0 Å². The van der Waals surface area contributed by atoms with Crippen LogP contribution >= 0.6 is 0 Å². The fraction of sp³-hybridized carbons (Fsp3) is 1.00. The molecular formula is C10H20. The van der Waals surface area contributed by atoms with Gasteiger partial charge in [0.05, 0.1) is 0 Å². The Kier molecular flexibility index (Phi) is 2.76. The first-order valence-corrected chi connectivity index (χ1v) is 4.74. The monoisotopic (exact) mass is 140 g/mol. The van der Waals surface area contributed by atoms with Crippen molar-refractivity contribution < 1.29 is 0 Å². The molecule has 0 aliphatic heterocycles. The Morgan fingerprint density at radius 1 is 1.10 bits per heavy atom. The lowest BCUT2D eigenvalue weighted by molar-refractivity contribution is 0.204. The van der Waals surface area contributed by atoms with Crippen LogP contribution in [0.25, 0.3) is 0 Å². The summed E-state index contributed by atoms with van der Waals surface area (Å²) in [5, 5.41) is 0. The van der Waals surface area contributed by atoms with Crippen molar-refractivity contribution in [1.82, 2.24) is 0 Å². The molecule has 1 rings (SSSR count). The second-order valence-electron chi connectivity index (χ2n) is 4.04. The molecule has 1 aliphatic carbocycles. The highest BCUT2D eigenvalue weighted by Gasteiger charge is 2.22. The quantitative estimate of drug-likeness (QED) is 0.523. The number of hydrogen-bond donors (Lipinski definition) is 0. The predicted molar refractivity (Wildman–Crippen MR) is 46.0 cm³/mol. The minimum Gasteiger partial charge on any atom is -0.0651 e. The number of rotatable bonds is 1. The highest BCUT2D eigenvalue weighted by molar-refractivity contribution is 4.74. The van der Waals surface area contributed by atoms with Crippen molar-refractivity contribution in [2.45, 2.75) is 46.5 Å². The van der Waals surface area contributed by atoms with Gasteiger partial charge in [-0.05, 0) is 24.2 Å². The van der Waals surface area contributed by atoms with Crippen molar-refractivity contribution in [1.29, 1.82) is 0 Å². The lowest BCUT2D eigenvalue weighted by atomic mass is 9.75. The summed E-state index contributed by atoms with van der Waals surface area (Å²) in [5.41, 5.74) is 0. The van der Waals surface area contributed by atoms with E-state index in [9.17, 15) is 0 Å². The molecule has 0 nitrogen and oxygen atoms in total.